The van der Waals surface area contributed by atoms with Crippen molar-refractivity contribution in [3.05, 3.63) is 48.6 Å². The van der Waals surface area contributed by atoms with Gasteiger partial charge in [0.05, 0.1) is 6.61 Å². The molecule has 1 heterocycles. The molecule has 4 N–H and O–H groups in total. The molecular weight excluding hydrogens is 328 g/mol. The first-order valence-corrected chi connectivity index (χ1v) is 7.94. The van der Waals surface area contributed by atoms with Gasteiger partial charge in [-0.2, -0.15) is 0 Å². The number of rotatable bonds is 7. The van der Waals surface area contributed by atoms with Crippen molar-refractivity contribution in [2.24, 2.45) is 0 Å². The van der Waals surface area contributed by atoms with E-state index >= 15 is 0 Å². The van der Waals surface area contributed by atoms with Crippen molar-refractivity contribution >= 4 is 6.09 Å². The minimum absolute atomic E-state index is 0.0621. The summed E-state index contributed by atoms with van der Waals surface area (Å²) >= 11 is 0. The highest BCUT2D eigenvalue weighted by Crippen LogP contribution is 2.20. The van der Waals surface area contributed by atoms with Crippen molar-refractivity contribution in [2.75, 3.05) is 13.2 Å². The fourth-order valence-corrected chi connectivity index (χ4v) is 2.49. The number of aliphatic hydroxyl groups is 3. The molecule has 1 aliphatic heterocycles. The van der Waals surface area contributed by atoms with Crippen LogP contribution in [0.3, 0.4) is 0 Å². The number of alkyl carbamates (subject to hydrolysis) is 1. The molecule has 1 aromatic carbocycles. The predicted octanol–water partition coefficient (Wildman–Crippen LogP) is -0.489. The number of carbonyl (C=O) groups is 1. The molecule has 0 saturated carbocycles. The van der Waals surface area contributed by atoms with Crippen LogP contribution < -0.4 is 10.6 Å². The second kappa shape index (κ2) is 9.50. The zero-order chi connectivity index (χ0) is 18.2. The lowest BCUT2D eigenvalue weighted by Gasteiger charge is -2.41. The number of carbonyl (C=O) groups excluding carboxylic acids is 1. The minimum Gasteiger partial charge on any atom is -0.445 e. The molecule has 0 unspecified atom stereocenters. The zero-order valence-electron chi connectivity index (χ0n) is 13.7. The molecule has 0 spiro atoms. The Morgan fingerprint density at radius 3 is 2.68 bits per heavy atom. The number of hydrogen-bond donors (Lipinski definition) is 4. The van der Waals surface area contributed by atoms with E-state index in [9.17, 15) is 20.1 Å². The standard InChI is InChI=1S/C17H23N2O6/c1-2-8-18-16-13(15(22)14(21)12(9-20)25-16)19-17(23)24-10-11-6-4-3-5-7-11/h2-7,12-16,20-22H,1,8-10H2,(H,19,23)/t12-,13-,14-,15-,16-/m1/s1. The highest BCUT2D eigenvalue weighted by molar-refractivity contribution is 5.67. The fraction of sp³-hybridized carbons (Fsp3) is 0.471. The molecule has 1 aromatic rings. The zero-order valence-corrected chi connectivity index (χ0v) is 13.7. The van der Waals surface area contributed by atoms with Gasteiger partial charge in [0.1, 0.15) is 37.2 Å². The molecule has 1 amide bonds. The molecule has 1 fully saturated rings. The minimum atomic E-state index is -1.37. The smallest absolute Gasteiger partial charge is 0.407 e. The normalized spacial score (nSPS) is 29.0. The van der Waals surface area contributed by atoms with Gasteiger partial charge in [0.25, 0.3) is 0 Å². The number of amides is 1. The van der Waals surface area contributed by atoms with E-state index in [-0.39, 0.29) is 13.2 Å². The second-order valence-electron chi connectivity index (χ2n) is 5.61. The third kappa shape index (κ3) is 5.25. The summed E-state index contributed by atoms with van der Waals surface area (Å²) in [4.78, 5) is 12.0. The summed E-state index contributed by atoms with van der Waals surface area (Å²) in [5.74, 6) is 0. The van der Waals surface area contributed by atoms with Gasteiger partial charge in [-0.05, 0) is 5.56 Å². The van der Waals surface area contributed by atoms with Gasteiger partial charge in [0.15, 0.2) is 0 Å². The predicted molar refractivity (Wildman–Crippen MR) is 88.5 cm³/mol. The molecule has 8 nitrogen and oxygen atoms in total. The molecule has 5 atom stereocenters. The molecule has 0 aromatic heterocycles. The Bertz CT molecular complexity index is 555. The lowest BCUT2D eigenvalue weighted by Crippen LogP contribution is -2.66. The molecule has 1 radical (unpaired) electrons. The van der Waals surface area contributed by atoms with E-state index in [0.717, 1.165) is 5.56 Å². The Hall–Kier alpha value is -1.97. The van der Waals surface area contributed by atoms with E-state index in [1.807, 2.05) is 30.3 Å². The Balaban J connectivity index is 1.97. The van der Waals surface area contributed by atoms with Gasteiger partial charge >= 0.3 is 6.09 Å². The number of nitrogens with one attached hydrogen (secondary N) is 1. The number of aliphatic hydroxyl groups excluding tert-OH is 3. The topological polar surface area (TPSA) is 122 Å². The van der Waals surface area contributed by atoms with Gasteiger partial charge in [0, 0.05) is 6.54 Å². The van der Waals surface area contributed by atoms with Crippen LogP contribution in [0.2, 0.25) is 0 Å². The third-order valence-electron chi connectivity index (χ3n) is 3.81. The van der Waals surface area contributed by atoms with Crippen molar-refractivity contribution in [1.82, 2.24) is 10.6 Å². The number of hydrogen-bond acceptors (Lipinski definition) is 6. The van der Waals surface area contributed by atoms with E-state index < -0.39 is 43.3 Å². The third-order valence-corrected chi connectivity index (χ3v) is 3.81. The quantitative estimate of drug-likeness (QED) is 0.492. The van der Waals surface area contributed by atoms with Crippen LogP contribution in [0.15, 0.2) is 43.0 Å². The first kappa shape index (κ1) is 19.4. The highest BCUT2D eigenvalue weighted by Gasteiger charge is 2.45. The molecular formula is C17H23N2O6. The van der Waals surface area contributed by atoms with Gasteiger partial charge in [-0.15, -0.1) is 6.58 Å². The summed E-state index contributed by atoms with van der Waals surface area (Å²) in [6.07, 6.45) is -3.91. The molecule has 0 bridgehead atoms. The van der Waals surface area contributed by atoms with Crippen LogP contribution in [-0.2, 0) is 16.1 Å². The fourth-order valence-electron chi connectivity index (χ4n) is 2.49. The van der Waals surface area contributed by atoms with E-state index in [4.69, 9.17) is 9.47 Å². The Morgan fingerprint density at radius 1 is 1.32 bits per heavy atom. The molecule has 0 aliphatic carbocycles. The van der Waals surface area contributed by atoms with Crippen molar-refractivity contribution in [2.45, 2.75) is 37.2 Å². The average Bonchev–Trinajstić information content (AvgIpc) is 2.64. The number of benzene rings is 1. The molecule has 25 heavy (non-hydrogen) atoms. The van der Waals surface area contributed by atoms with Crippen molar-refractivity contribution in [3.8, 4) is 0 Å². The SMILES string of the molecule is C=CC[N][C@@H]1O[C@H](CO)[C@@H](O)[C@H](O)[C@H]1NC(=O)OCc1ccccc1. The van der Waals surface area contributed by atoms with Crippen LogP contribution in [0.25, 0.3) is 0 Å². The lowest BCUT2D eigenvalue weighted by molar-refractivity contribution is -0.201. The van der Waals surface area contributed by atoms with Crippen LogP contribution in [0.5, 0.6) is 0 Å². The van der Waals surface area contributed by atoms with Gasteiger partial charge < -0.3 is 30.1 Å². The van der Waals surface area contributed by atoms with Gasteiger partial charge in [0.2, 0.25) is 0 Å². The largest absolute Gasteiger partial charge is 0.445 e. The van der Waals surface area contributed by atoms with Crippen LogP contribution in [0, 0.1) is 0 Å². The Kier molecular flexibility index (Phi) is 7.35. The van der Waals surface area contributed by atoms with Crippen LogP contribution in [0.1, 0.15) is 5.56 Å². The van der Waals surface area contributed by atoms with Gasteiger partial charge in [-0.25, -0.2) is 10.1 Å². The maximum absolute atomic E-state index is 12.0. The Morgan fingerprint density at radius 2 is 2.04 bits per heavy atom. The summed E-state index contributed by atoms with van der Waals surface area (Å²) in [5.41, 5.74) is 0.811. The van der Waals surface area contributed by atoms with Crippen LogP contribution in [0.4, 0.5) is 4.79 Å². The lowest BCUT2D eigenvalue weighted by atomic mass is 9.96. The van der Waals surface area contributed by atoms with E-state index in [0.29, 0.717) is 0 Å². The van der Waals surface area contributed by atoms with Gasteiger partial charge in [-0.3, -0.25) is 0 Å². The molecule has 1 saturated heterocycles. The summed E-state index contributed by atoms with van der Waals surface area (Å²) in [6.45, 7) is 3.35. The Labute approximate surface area is 146 Å². The maximum Gasteiger partial charge on any atom is 0.407 e. The second-order valence-corrected chi connectivity index (χ2v) is 5.61. The molecule has 137 valence electrons. The van der Waals surface area contributed by atoms with Crippen LogP contribution >= 0.6 is 0 Å². The van der Waals surface area contributed by atoms with Crippen LogP contribution in [-0.4, -0.2) is 65.1 Å². The number of ether oxygens (including phenoxy) is 2. The first-order valence-electron chi connectivity index (χ1n) is 7.94. The van der Waals surface area contributed by atoms with Crippen molar-refractivity contribution in [3.63, 3.8) is 0 Å². The number of nitrogens with zero attached hydrogens (tertiary/aromatic N) is 1. The van der Waals surface area contributed by atoms with Crippen molar-refractivity contribution < 1.29 is 29.6 Å². The van der Waals surface area contributed by atoms with E-state index in [2.05, 4.69) is 17.2 Å². The summed E-state index contributed by atoms with van der Waals surface area (Å²) in [7, 11) is 0. The first-order chi connectivity index (χ1) is 12.1. The molecule has 1 aliphatic rings. The summed E-state index contributed by atoms with van der Waals surface area (Å²) in [6, 6.07) is 8.11. The monoisotopic (exact) mass is 351 g/mol. The average molecular weight is 351 g/mol. The van der Waals surface area contributed by atoms with E-state index in [1.54, 1.807) is 0 Å². The molecule has 2 rings (SSSR count). The maximum atomic E-state index is 12.0. The summed E-state index contributed by atoms with van der Waals surface area (Å²) < 4.78 is 10.6. The van der Waals surface area contributed by atoms with Crippen molar-refractivity contribution in [1.29, 1.82) is 0 Å². The summed E-state index contributed by atoms with van der Waals surface area (Å²) in [5, 5.41) is 36.1. The van der Waals surface area contributed by atoms with E-state index in [1.165, 1.54) is 6.08 Å². The van der Waals surface area contributed by atoms with Gasteiger partial charge in [-0.1, -0.05) is 36.4 Å². The highest BCUT2D eigenvalue weighted by atomic mass is 16.6. The molecule has 8 heteroatoms.